The quantitative estimate of drug-likeness (QED) is 0.871. The van der Waals surface area contributed by atoms with E-state index in [4.69, 9.17) is 4.42 Å². The van der Waals surface area contributed by atoms with Crippen molar-refractivity contribution >= 4 is 5.91 Å². The molecule has 0 unspecified atom stereocenters. The number of hydrogen-bond acceptors (Lipinski definition) is 3. The Labute approximate surface area is 134 Å². The van der Waals surface area contributed by atoms with Crippen LogP contribution >= 0.6 is 0 Å². The van der Waals surface area contributed by atoms with Crippen molar-refractivity contribution in [2.45, 2.75) is 31.7 Å². The van der Waals surface area contributed by atoms with Crippen LogP contribution in [0.1, 0.15) is 30.2 Å². The van der Waals surface area contributed by atoms with Gasteiger partial charge in [0.15, 0.2) is 0 Å². The molecule has 5 heteroatoms. The van der Waals surface area contributed by atoms with Crippen molar-refractivity contribution in [2.75, 3.05) is 13.1 Å². The van der Waals surface area contributed by atoms with E-state index in [0.29, 0.717) is 18.8 Å². The lowest BCUT2D eigenvalue weighted by molar-refractivity contribution is -0.134. The molecule has 1 saturated heterocycles. The molecule has 2 aliphatic heterocycles. The number of carbonyl (C=O) groups is 1. The van der Waals surface area contributed by atoms with Crippen molar-refractivity contribution in [3.63, 3.8) is 0 Å². The van der Waals surface area contributed by atoms with Crippen LogP contribution in [-0.4, -0.2) is 28.5 Å². The van der Waals surface area contributed by atoms with Gasteiger partial charge in [-0.3, -0.25) is 9.59 Å². The monoisotopic (exact) mass is 312 g/mol. The maximum absolute atomic E-state index is 12.5. The second-order valence-electron chi connectivity index (χ2n) is 6.58. The molecule has 0 spiro atoms. The number of aryl methyl sites for hydroxylation is 1. The largest absolute Gasteiger partial charge is 0.469 e. The molecule has 5 nitrogen and oxygen atoms in total. The normalized spacial score (nSPS) is 22.7. The van der Waals surface area contributed by atoms with Crippen LogP contribution in [0, 0.1) is 5.92 Å². The maximum Gasteiger partial charge on any atom is 0.250 e. The zero-order valence-corrected chi connectivity index (χ0v) is 13.0. The number of likely N-dealkylation sites (tertiary alicyclic amines) is 1. The SMILES string of the molecule is O=C(CCc1ccco1)N1C[C@H]2C[C@H](C1)c1cccc(=O)n1C2. The maximum atomic E-state index is 12.5. The van der Waals surface area contributed by atoms with E-state index in [2.05, 4.69) is 0 Å². The molecule has 0 aliphatic carbocycles. The first-order valence-electron chi connectivity index (χ1n) is 8.20. The van der Waals surface area contributed by atoms with Crippen LogP contribution < -0.4 is 5.56 Å². The second kappa shape index (κ2) is 5.72. The number of fused-ring (bicyclic) bond motifs is 4. The van der Waals surface area contributed by atoms with Gasteiger partial charge < -0.3 is 13.9 Å². The fourth-order valence-corrected chi connectivity index (χ4v) is 3.94. The standard InChI is InChI=1S/C18H20N2O3/c21-17(7-6-15-3-2-8-23-15)19-10-13-9-14(12-19)16-4-1-5-18(22)20(16)11-13/h1-5,8,13-14H,6-7,9-12H2/t13-,14-/m1/s1. The van der Waals surface area contributed by atoms with Gasteiger partial charge in [0.05, 0.1) is 6.26 Å². The fraction of sp³-hybridized carbons (Fsp3) is 0.444. The number of aromatic nitrogens is 1. The molecule has 1 amide bonds. The highest BCUT2D eigenvalue weighted by Crippen LogP contribution is 2.35. The summed E-state index contributed by atoms with van der Waals surface area (Å²) in [5.41, 5.74) is 1.16. The second-order valence-corrected chi connectivity index (χ2v) is 6.58. The number of furan rings is 1. The zero-order valence-electron chi connectivity index (χ0n) is 13.0. The van der Waals surface area contributed by atoms with Gasteiger partial charge in [-0.05, 0) is 30.5 Å². The van der Waals surface area contributed by atoms with E-state index in [0.717, 1.165) is 37.5 Å². The van der Waals surface area contributed by atoms with Gasteiger partial charge in [-0.1, -0.05) is 6.07 Å². The molecule has 2 atom stereocenters. The minimum Gasteiger partial charge on any atom is -0.469 e. The molecule has 120 valence electrons. The van der Waals surface area contributed by atoms with Gasteiger partial charge in [0.25, 0.3) is 5.56 Å². The minimum absolute atomic E-state index is 0.0785. The number of rotatable bonds is 3. The average molecular weight is 312 g/mol. The first kappa shape index (κ1) is 14.3. The van der Waals surface area contributed by atoms with E-state index >= 15 is 0 Å². The summed E-state index contributed by atoms with van der Waals surface area (Å²) < 4.78 is 7.19. The highest BCUT2D eigenvalue weighted by Gasteiger charge is 2.35. The third-order valence-corrected chi connectivity index (χ3v) is 5.00. The number of piperidine rings is 1. The Hall–Kier alpha value is -2.30. The molecule has 23 heavy (non-hydrogen) atoms. The van der Waals surface area contributed by atoms with E-state index in [1.807, 2.05) is 33.7 Å². The number of carbonyl (C=O) groups excluding carboxylic acids is 1. The van der Waals surface area contributed by atoms with Gasteiger partial charge in [0, 0.05) is 50.2 Å². The molecule has 2 aromatic rings. The Morgan fingerprint density at radius 3 is 2.91 bits per heavy atom. The third kappa shape index (κ3) is 2.71. The Morgan fingerprint density at radius 2 is 2.09 bits per heavy atom. The summed E-state index contributed by atoms with van der Waals surface area (Å²) >= 11 is 0. The molecule has 2 aliphatic rings. The molecular weight excluding hydrogens is 292 g/mol. The van der Waals surface area contributed by atoms with E-state index in [-0.39, 0.29) is 17.4 Å². The summed E-state index contributed by atoms with van der Waals surface area (Å²) in [6, 6.07) is 9.22. The molecule has 0 radical (unpaired) electrons. The van der Waals surface area contributed by atoms with Gasteiger partial charge in [0.1, 0.15) is 5.76 Å². The highest BCUT2D eigenvalue weighted by atomic mass is 16.3. The average Bonchev–Trinajstić information content (AvgIpc) is 3.07. The molecule has 2 aromatic heterocycles. The van der Waals surface area contributed by atoms with Crippen molar-refractivity contribution in [2.24, 2.45) is 5.92 Å². The van der Waals surface area contributed by atoms with Crippen molar-refractivity contribution < 1.29 is 9.21 Å². The number of amides is 1. The predicted octanol–water partition coefficient (Wildman–Crippen LogP) is 2.02. The summed E-state index contributed by atoms with van der Waals surface area (Å²) in [5, 5.41) is 0. The van der Waals surface area contributed by atoms with Gasteiger partial charge in [-0.25, -0.2) is 0 Å². The zero-order chi connectivity index (χ0) is 15.8. The Balaban J connectivity index is 1.47. The Bertz CT molecular complexity index is 763. The number of pyridine rings is 1. The van der Waals surface area contributed by atoms with E-state index in [9.17, 15) is 9.59 Å². The van der Waals surface area contributed by atoms with Crippen molar-refractivity contribution in [1.29, 1.82) is 0 Å². The first-order valence-corrected chi connectivity index (χ1v) is 8.20. The van der Waals surface area contributed by atoms with E-state index < -0.39 is 0 Å². The summed E-state index contributed by atoms with van der Waals surface area (Å²) in [6.45, 7) is 2.21. The lowest BCUT2D eigenvalue weighted by Gasteiger charge is -2.42. The fourth-order valence-electron chi connectivity index (χ4n) is 3.94. The van der Waals surface area contributed by atoms with Gasteiger partial charge >= 0.3 is 0 Å². The lowest BCUT2D eigenvalue weighted by Crippen LogP contribution is -2.49. The van der Waals surface area contributed by atoms with Gasteiger partial charge in [-0.15, -0.1) is 0 Å². The van der Waals surface area contributed by atoms with Gasteiger partial charge in [0.2, 0.25) is 5.91 Å². The van der Waals surface area contributed by atoms with Crippen LogP contribution in [0.3, 0.4) is 0 Å². The van der Waals surface area contributed by atoms with Crippen LogP contribution in [0.4, 0.5) is 0 Å². The molecule has 0 saturated carbocycles. The lowest BCUT2D eigenvalue weighted by atomic mass is 9.83. The number of nitrogens with zero attached hydrogens (tertiary/aromatic N) is 2. The van der Waals surface area contributed by atoms with Crippen molar-refractivity contribution in [1.82, 2.24) is 9.47 Å². The molecule has 2 bridgehead atoms. The van der Waals surface area contributed by atoms with Crippen LogP contribution in [0.2, 0.25) is 0 Å². The topological polar surface area (TPSA) is 55.5 Å². The van der Waals surface area contributed by atoms with Crippen LogP contribution in [0.25, 0.3) is 0 Å². The van der Waals surface area contributed by atoms with Crippen molar-refractivity contribution in [3.8, 4) is 0 Å². The van der Waals surface area contributed by atoms with Crippen LogP contribution in [0.15, 0.2) is 45.8 Å². The minimum atomic E-state index is 0.0785. The van der Waals surface area contributed by atoms with E-state index in [1.54, 1.807) is 12.3 Å². The molecule has 4 heterocycles. The smallest absolute Gasteiger partial charge is 0.250 e. The van der Waals surface area contributed by atoms with Crippen LogP contribution in [0.5, 0.6) is 0 Å². The molecule has 4 rings (SSSR count). The summed E-state index contributed by atoms with van der Waals surface area (Å²) in [4.78, 5) is 26.5. The molecule has 1 fully saturated rings. The third-order valence-electron chi connectivity index (χ3n) is 5.00. The summed E-state index contributed by atoms with van der Waals surface area (Å²) in [6.07, 6.45) is 3.84. The highest BCUT2D eigenvalue weighted by molar-refractivity contribution is 5.76. The Morgan fingerprint density at radius 1 is 1.17 bits per heavy atom. The Kier molecular flexibility index (Phi) is 3.56. The summed E-state index contributed by atoms with van der Waals surface area (Å²) in [7, 11) is 0. The number of hydrogen-bond donors (Lipinski definition) is 0. The predicted molar refractivity (Wildman–Crippen MR) is 85.2 cm³/mol. The molecular formula is C18H20N2O3. The molecule has 0 aromatic carbocycles. The van der Waals surface area contributed by atoms with Crippen molar-refractivity contribution in [3.05, 3.63) is 58.4 Å². The van der Waals surface area contributed by atoms with Crippen LogP contribution in [-0.2, 0) is 17.8 Å². The summed E-state index contributed by atoms with van der Waals surface area (Å²) in [5.74, 6) is 1.70. The van der Waals surface area contributed by atoms with Gasteiger partial charge in [-0.2, -0.15) is 0 Å². The van der Waals surface area contributed by atoms with E-state index in [1.165, 1.54) is 0 Å². The molecule has 0 N–H and O–H groups in total. The first-order chi connectivity index (χ1) is 11.2.